The molecule has 0 amide bonds. The second-order valence-corrected chi connectivity index (χ2v) is 2.98. The summed E-state index contributed by atoms with van der Waals surface area (Å²) < 4.78 is 18.2. The van der Waals surface area contributed by atoms with Crippen molar-refractivity contribution in [3.63, 3.8) is 0 Å². The smallest absolute Gasteiger partial charge is 0.313 e. The van der Waals surface area contributed by atoms with E-state index in [1.54, 1.807) is 0 Å². The number of halogens is 1. The molecule has 0 aromatic heterocycles. The molecule has 1 rings (SSSR count). The molecule has 0 heterocycles. The first-order valence-corrected chi connectivity index (χ1v) is 4.56. The van der Waals surface area contributed by atoms with Crippen LogP contribution in [-0.2, 0) is 0 Å². The van der Waals surface area contributed by atoms with E-state index in [9.17, 15) is 14.5 Å². The molecular formula is C9H12FN3O3. The summed E-state index contributed by atoms with van der Waals surface area (Å²) >= 11 is 0. The van der Waals surface area contributed by atoms with E-state index in [1.807, 2.05) is 0 Å². The van der Waals surface area contributed by atoms with E-state index in [0.29, 0.717) is 13.1 Å². The second-order valence-electron chi connectivity index (χ2n) is 2.98. The summed E-state index contributed by atoms with van der Waals surface area (Å²) in [6, 6.07) is 2.06. The molecule has 16 heavy (non-hydrogen) atoms. The predicted octanol–water partition coefficient (Wildman–Crippen LogP) is 1.11. The Morgan fingerprint density at radius 3 is 2.81 bits per heavy atom. The van der Waals surface area contributed by atoms with Crippen molar-refractivity contribution in [2.45, 2.75) is 0 Å². The van der Waals surface area contributed by atoms with Crippen LogP contribution in [0.5, 0.6) is 5.75 Å². The molecule has 0 atom stereocenters. The Morgan fingerprint density at radius 1 is 1.62 bits per heavy atom. The molecule has 1 aromatic rings. The van der Waals surface area contributed by atoms with Gasteiger partial charge in [0, 0.05) is 19.2 Å². The van der Waals surface area contributed by atoms with Crippen LogP contribution in [0.15, 0.2) is 12.1 Å². The third kappa shape index (κ3) is 2.57. The number of nitro groups is 1. The highest BCUT2D eigenvalue weighted by Crippen LogP contribution is 2.31. The normalized spacial score (nSPS) is 9.94. The average Bonchev–Trinajstić information content (AvgIpc) is 2.26. The highest BCUT2D eigenvalue weighted by molar-refractivity contribution is 5.59. The molecule has 0 spiro atoms. The first-order chi connectivity index (χ1) is 7.60. The van der Waals surface area contributed by atoms with Crippen LogP contribution in [-0.4, -0.2) is 25.1 Å². The van der Waals surface area contributed by atoms with E-state index in [4.69, 9.17) is 10.5 Å². The number of rotatable bonds is 5. The van der Waals surface area contributed by atoms with Gasteiger partial charge < -0.3 is 15.8 Å². The van der Waals surface area contributed by atoms with Crippen LogP contribution >= 0.6 is 0 Å². The molecule has 6 nitrogen and oxygen atoms in total. The molecule has 0 bridgehead atoms. The predicted molar refractivity (Wildman–Crippen MR) is 57.2 cm³/mol. The third-order valence-electron chi connectivity index (χ3n) is 1.93. The van der Waals surface area contributed by atoms with Crippen LogP contribution in [0.25, 0.3) is 0 Å². The molecule has 0 fully saturated rings. The van der Waals surface area contributed by atoms with E-state index >= 15 is 0 Å². The van der Waals surface area contributed by atoms with Gasteiger partial charge in [0.1, 0.15) is 0 Å². The zero-order chi connectivity index (χ0) is 12.1. The van der Waals surface area contributed by atoms with Gasteiger partial charge in [0.05, 0.1) is 23.8 Å². The lowest BCUT2D eigenvalue weighted by Crippen LogP contribution is -2.14. The number of methoxy groups -OCH3 is 1. The Labute approximate surface area is 91.3 Å². The molecule has 0 saturated heterocycles. The van der Waals surface area contributed by atoms with Crippen LogP contribution < -0.4 is 15.8 Å². The summed E-state index contributed by atoms with van der Waals surface area (Å²) in [5, 5.41) is 13.3. The number of hydrogen-bond acceptors (Lipinski definition) is 5. The standard InChI is InChI=1S/C9H12FN3O3/c1-16-9-5-7(12-3-2-11)6(10)4-8(9)13(14)15/h4-5,12H,2-3,11H2,1H3. The van der Waals surface area contributed by atoms with Gasteiger partial charge in [-0.25, -0.2) is 4.39 Å². The van der Waals surface area contributed by atoms with Gasteiger partial charge in [-0.05, 0) is 0 Å². The third-order valence-corrected chi connectivity index (χ3v) is 1.93. The number of benzene rings is 1. The minimum Gasteiger partial charge on any atom is -0.490 e. The lowest BCUT2D eigenvalue weighted by atomic mass is 10.2. The van der Waals surface area contributed by atoms with Gasteiger partial charge in [-0.3, -0.25) is 10.1 Å². The number of nitrogens with two attached hydrogens (primary N) is 1. The van der Waals surface area contributed by atoms with E-state index in [1.165, 1.54) is 13.2 Å². The number of ether oxygens (including phenoxy) is 1. The first kappa shape index (κ1) is 12.2. The Balaban J connectivity index is 3.10. The monoisotopic (exact) mass is 229 g/mol. The summed E-state index contributed by atoms with van der Waals surface area (Å²) in [4.78, 5) is 9.88. The van der Waals surface area contributed by atoms with Crippen molar-refractivity contribution in [1.29, 1.82) is 0 Å². The minimum absolute atomic E-state index is 0.00548. The van der Waals surface area contributed by atoms with Gasteiger partial charge in [0.2, 0.25) is 0 Å². The number of anilines is 1. The molecule has 0 unspecified atom stereocenters. The van der Waals surface area contributed by atoms with Gasteiger partial charge >= 0.3 is 5.69 Å². The Morgan fingerprint density at radius 2 is 2.31 bits per heavy atom. The lowest BCUT2D eigenvalue weighted by Gasteiger charge is -2.08. The van der Waals surface area contributed by atoms with Gasteiger partial charge in [-0.1, -0.05) is 0 Å². The van der Waals surface area contributed by atoms with Crippen LogP contribution in [0, 0.1) is 15.9 Å². The van der Waals surface area contributed by atoms with E-state index < -0.39 is 16.4 Å². The molecule has 0 saturated carbocycles. The molecular weight excluding hydrogens is 217 g/mol. The van der Waals surface area contributed by atoms with E-state index in [-0.39, 0.29) is 11.4 Å². The zero-order valence-corrected chi connectivity index (χ0v) is 8.70. The maximum absolute atomic E-state index is 13.4. The number of nitrogens with zero attached hydrogens (tertiary/aromatic N) is 1. The summed E-state index contributed by atoms with van der Waals surface area (Å²) in [5.74, 6) is -0.702. The average molecular weight is 229 g/mol. The highest BCUT2D eigenvalue weighted by atomic mass is 19.1. The molecule has 0 aliphatic rings. The molecule has 0 aliphatic heterocycles. The fraction of sp³-hybridized carbons (Fsp3) is 0.333. The van der Waals surface area contributed by atoms with Crippen molar-refractivity contribution in [1.82, 2.24) is 0 Å². The van der Waals surface area contributed by atoms with Crippen LogP contribution in [0.1, 0.15) is 0 Å². The van der Waals surface area contributed by atoms with Gasteiger partial charge in [-0.15, -0.1) is 0 Å². The van der Waals surface area contributed by atoms with E-state index in [2.05, 4.69) is 5.32 Å². The fourth-order valence-electron chi connectivity index (χ4n) is 1.19. The van der Waals surface area contributed by atoms with Gasteiger partial charge in [0.15, 0.2) is 11.6 Å². The molecule has 7 heteroatoms. The van der Waals surface area contributed by atoms with Gasteiger partial charge in [-0.2, -0.15) is 0 Å². The highest BCUT2D eigenvalue weighted by Gasteiger charge is 2.18. The molecule has 0 aliphatic carbocycles. The van der Waals surface area contributed by atoms with Crippen molar-refractivity contribution in [3.8, 4) is 5.75 Å². The van der Waals surface area contributed by atoms with Crippen LogP contribution in [0.4, 0.5) is 15.8 Å². The summed E-state index contributed by atoms with van der Waals surface area (Å²) in [5.41, 5.74) is 4.98. The second kappa shape index (κ2) is 5.26. The van der Waals surface area contributed by atoms with Crippen molar-refractivity contribution >= 4 is 11.4 Å². The van der Waals surface area contributed by atoms with Crippen molar-refractivity contribution in [2.75, 3.05) is 25.5 Å². The first-order valence-electron chi connectivity index (χ1n) is 4.56. The van der Waals surface area contributed by atoms with Crippen molar-refractivity contribution in [2.24, 2.45) is 5.73 Å². The van der Waals surface area contributed by atoms with Crippen molar-refractivity contribution < 1.29 is 14.1 Å². The molecule has 1 aromatic carbocycles. The lowest BCUT2D eigenvalue weighted by molar-refractivity contribution is -0.385. The zero-order valence-electron chi connectivity index (χ0n) is 8.70. The molecule has 3 N–H and O–H groups in total. The maximum atomic E-state index is 13.4. The topological polar surface area (TPSA) is 90.4 Å². The fourth-order valence-corrected chi connectivity index (χ4v) is 1.19. The Hall–Kier alpha value is -1.89. The number of nitro benzene ring substituents is 1. The summed E-state index contributed by atoms with van der Waals surface area (Å²) in [6.07, 6.45) is 0. The Kier molecular flexibility index (Phi) is 4.01. The number of nitrogens with one attached hydrogen (secondary N) is 1. The van der Waals surface area contributed by atoms with E-state index in [0.717, 1.165) is 6.07 Å². The maximum Gasteiger partial charge on any atom is 0.313 e. The molecule has 0 radical (unpaired) electrons. The SMILES string of the molecule is COc1cc(NCCN)c(F)cc1[N+](=O)[O-]. The Bertz CT molecular complexity index is 398. The summed E-state index contributed by atoms with van der Waals surface area (Å²) in [6.45, 7) is 0.705. The minimum atomic E-state index is -0.707. The molecule has 88 valence electrons. The largest absolute Gasteiger partial charge is 0.490 e. The van der Waals surface area contributed by atoms with Gasteiger partial charge in [0.25, 0.3) is 0 Å². The van der Waals surface area contributed by atoms with Crippen LogP contribution in [0.2, 0.25) is 0 Å². The number of hydrogen-bond donors (Lipinski definition) is 2. The van der Waals surface area contributed by atoms with Crippen LogP contribution in [0.3, 0.4) is 0 Å². The van der Waals surface area contributed by atoms with Crippen molar-refractivity contribution in [3.05, 3.63) is 28.1 Å². The summed E-state index contributed by atoms with van der Waals surface area (Å²) in [7, 11) is 1.28. The quantitative estimate of drug-likeness (QED) is 0.583.